The Kier molecular flexibility index (Phi) is 5.71. The summed E-state index contributed by atoms with van der Waals surface area (Å²) in [5.74, 6) is 1.09. The fraction of sp³-hybridized carbons (Fsp3) is 0.538. The molecule has 0 spiro atoms. The molecule has 0 aliphatic heterocycles. The summed E-state index contributed by atoms with van der Waals surface area (Å²) >= 11 is 1.83. The van der Waals surface area contributed by atoms with E-state index in [1.165, 1.54) is 5.56 Å². The Balaban J connectivity index is 2.18. The zero-order valence-corrected chi connectivity index (χ0v) is 10.8. The first-order valence-corrected chi connectivity index (χ1v) is 6.78. The Morgan fingerprint density at radius 2 is 1.88 bits per heavy atom. The third-order valence-corrected chi connectivity index (χ3v) is 4.09. The lowest BCUT2D eigenvalue weighted by Crippen LogP contribution is -2.15. The van der Waals surface area contributed by atoms with E-state index in [2.05, 4.69) is 19.1 Å². The average Bonchev–Trinajstić information content (AvgIpc) is 2.26. The highest BCUT2D eigenvalue weighted by Gasteiger charge is 2.07. The van der Waals surface area contributed by atoms with Crippen LogP contribution in [0.25, 0.3) is 0 Å². The van der Waals surface area contributed by atoms with E-state index in [1.54, 1.807) is 0 Å². The summed E-state index contributed by atoms with van der Waals surface area (Å²) < 4.78 is 0. The highest BCUT2D eigenvalue weighted by molar-refractivity contribution is 7.99. The number of hydrogen-bond acceptors (Lipinski definition) is 3. The van der Waals surface area contributed by atoms with E-state index in [0.717, 1.165) is 24.3 Å². The summed E-state index contributed by atoms with van der Waals surface area (Å²) in [5.41, 5.74) is 7.78. The van der Waals surface area contributed by atoms with Crippen molar-refractivity contribution in [3.63, 3.8) is 0 Å². The fourth-order valence-corrected chi connectivity index (χ4v) is 2.33. The summed E-state index contributed by atoms with van der Waals surface area (Å²) in [7, 11) is 0. The Morgan fingerprint density at radius 3 is 2.44 bits per heavy atom. The maximum absolute atomic E-state index is 9.33. The normalized spacial score (nSPS) is 14.7. The SMILES string of the molecule is CC(O)C(C)SCCCc1ccc(N)cc1. The van der Waals surface area contributed by atoms with Gasteiger partial charge in [0.1, 0.15) is 0 Å². The van der Waals surface area contributed by atoms with Crippen LogP contribution < -0.4 is 5.73 Å². The molecule has 2 nitrogen and oxygen atoms in total. The van der Waals surface area contributed by atoms with E-state index in [9.17, 15) is 5.11 Å². The molecule has 0 bridgehead atoms. The van der Waals surface area contributed by atoms with Crippen LogP contribution in [0.2, 0.25) is 0 Å². The maximum atomic E-state index is 9.33. The van der Waals surface area contributed by atoms with Gasteiger partial charge in [-0.3, -0.25) is 0 Å². The van der Waals surface area contributed by atoms with Gasteiger partial charge >= 0.3 is 0 Å². The zero-order valence-electron chi connectivity index (χ0n) is 10.0. The minimum Gasteiger partial charge on any atom is -0.399 e. The number of aliphatic hydroxyl groups excluding tert-OH is 1. The van der Waals surface area contributed by atoms with Crippen LogP contribution in [0.4, 0.5) is 5.69 Å². The highest BCUT2D eigenvalue weighted by atomic mass is 32.2. The Morgan fingerprint density at radius 1 is 1.25 bits per heavy atom. The molecule has 1 aromatic rings. The molecule has 1 aromatic carbocycles. The lowest BCUT2D eigenvalue weighted by atomic mass is 10.1. The molecule has 16 heavy (non-hydrogen) atoms. The van der Waals surface area contributed by atoms with Crippen LogP contribution in [-0.2, 0) is 6.42 Å². The molecule has 0 saturated heterocycles. The monoisotopic (exact) mass is 239 g/mol. The van der Waals surface area contributed by atoms with E-state index in [1.807, 2.05) is 30.8 Å². The highest BCUT2D eigenvalue weighted by Crippen LogP contribution is 2.16. The zero-order chi connectivity index (χ0) is 12.0. The summed E-state index contributed by atoms with van der Waals surface area (Å²) in [4.78, 5) is 0. The number of nitrogens with two attached hydrogens (primary N) is 1. The molecule has 0 aliphatic carbocycles. The van der Waals surface area contributed by atoms with Crippen molar-refractivity contribution in [2.24, 2.45) is 0 Å². The number of thioether (sulfide) groups is 1. The van der Waals surface area contributed by atoms with Gasteiger partial charge in [0.05, 0.1) is 6.10 Å². The van der Waals surface area contributed by atoms with Crippen molar-refractivity contribution < 1.29 is 5.11 Å². The van der Waals surface area contributed by atoms with Gasteiger partial charge in [-0.05, 0) is 43.2 Å². The van der Waals surface area contributed by atoms with E-state index < -0.39 is 0 Å². The molecule has 0 heterocycles. The minimum atomic E-state index is -0.221. The molecule has 3 N–H and O–H groups in total. The van der Waals surface area contributed by atoms with Gasteiger partial charge in [0.2, 0.25) is 0 Å². The van der Waals surface area contributed by atoms with Gasteiger partial charge < -0.3 is 10.8 Å². The molecule has 2 unspecified atom stereocenters. The van der Waals surface area contributed by atoms with Crippen LogP contribution in [0.15, 0.2) is 24.3 Å². The molecule has 0 aliphatic rings. The van der Waals surface area contributed by atoms with Crippen molar-refractivity contribution in [3.05, 3.63) is 29.8 Å². The smallest absolute Gasteiger partial charge is 0.0627 e. The largest absolute Gasteiger partial charge is 0.399 e. The average molecular weight is 239 g/mol. The predicted molar refractivity (Wildman–Crippen MR) is 72.8 cm³/mol. The number of benzene rings is 1. The molecule has 0 amide bonds. The number of anilines is 1. The molecule has 0 aromatic heterocycles. The van der Waals surface area contributed by atoms with Crippen LogP contribution in [-0.4, -0.2) is 22.2 Å². The standard InChI is InChI=1S/C13H21NOS/c1-10(15)11(2)16-9-3-4-12-5-7-13(14)8-6-12/h5-8,10-11,15H,3-4,9,14H2,1-2H3. The van der Waals surface area contributed by atoms with E-state index >= 15 is 0 Å². The minimum absolute atomic E-state index is 0.221. The van der Waals surface area contributed by atoms with Crippen molar-refractivity contribution in [1.29, 1.82) is 0 Å². The van der Waals surface area contributed by atoms with Crippen molar-refractivity contribution in [3.8, 4) is 0 Å². The molecular weight excluding hydrogens is 218 g/mol. The number of nitrogen functional groups attached to an aromatic ring is 1. The summed E-state index contributed by atoms with van der Waals surface area (Å²) in [5, 5.41) is 9.66. The van der Waals surface area contributed by atoms with Gasteiger partial charge in [-0.15, -0.1) is 0 Å². The van der Waals surface area contributed by atoms with Crippen LogP contribution >= 0.6 is 11.8 Å². The molecule has 90 valence electrons. The van der Waals surface area contributed by atoms with Crippen LogP contribution in [0, 0.1) is 0 Å². The van der Waals surface area contributed by atoms with Crippen molar-refractivity contribution in [2.45, 2.75) is 38.0 Å². The van der Waals surface area contributed by atoms with Gasteiger partial charge in [0, 0.05) is 10.9 Å². The van der Waals surface area contributed by atoms with Crippen LogP contribution in [0.5, 0.6) is 0 Å². The lowest BCUT2D eigenvalue weighted by molar-refractivity contribution is 0.196. The van der Waals surface area contributed by atoms with Gasteiger partial charge in [-0.2, -0.15) is 11.8 Å². The molecular formula is C13H21NOS. The van der Waals surface area contributed by atoms with E-state index in [0.29, 0.717) is 5.25 Å². The number of aryl methyl sites for hydroxylation is 1. The maximum Gasteiger partial charge on any atom is 0.0627 e. The first kappa shape index (κ1) is 13.4. The molecule has 0 fully saturated rings. The second-order valence-corrected chi connectivity index (χ2v) is 5.65. The number of aliphatic hydroxyl groups is 1. The summed E-state index contributed by atoms with van der Waals surface area (Å²) in [6.07, 6.45) is 2.01. The Labute approximate surface area is 102 Å². The summed E-state index contributed by atoms with van der Waals surface area (Å²) in [6.45, 7) is 3.91. The van der Waals surface area contributed by atoms with Crippen LogP contribution in [0.3, 0.4) is 0 Å². The second-order valence-electron chi connectivity index (χ2n) is 4.16. The number of rotatable bonds is 6. The predicted octanol–water partition coefficient (Wildman–Crippen LogP) is 2.70. The quantitative estimate of drug-likeness (QED) is 0.592. The van der Waals surface area contributed by atoms with Crippen LogP contribution in [0.1, 0.15) is 25.8 Å². The molecule has 2 atom stereocenters. The van der Waals surface area contributed by atoms with Gasteiger partial charge in [-0.1, -0.05) is 19.1 Å². The van der Waals surface area contributed by atoms with Crippen molar-refractivity contribution >= 4 is 17.4 Å². The van der Waals surface area contributed by atoms with E-state index in [-0.39, 0.29) is 6.10 Å². The third-order valence-electron chi connectivity index (χ3n) is 2.65. The van der Waals surface area contributed by atoms with Gasteiger partial charge in [-0.25, -0.2) is 0 Å². The van der Waals surface area contributed by atoms with Crippen molar-refractivity contribution in [2.75, 3.05) is 11.5 Å². The van der Waals surface area contributed by atoms with Crippen molar-refractivity contribution in [1.82, 2.24) is 0 Å². The van der Waals surface area contributed by atoms with Gasteiger partial charge in [0.15, 0.2) is 0 Å². The topological polar surface area (TPSA) is 46.2 Å². The Bertz CT molecular complexity index is 297. The number of hydrogen-bond donors (Lipinski definition) is 2. The Hall–Kier alpha value is -0.670. The molecule has 0 saturated carbocycles. The first-order valence-electron chi connectivity index (χ1n) is 5.73. The first-order chi connectivity index (χ1) is 7.59. The fourth-order valence-electron chi connectivity index (χ4n) is 1.37. The summed E-state index contributed by atoms with van der Waals surface area (Å²) in [6, 6.07) is 8.05. The molecule has 0 radical (unpaired) electrons. The molecule has 1 rings (SSSR count). The molecule has 3 heteroatoms. The third kappa shape index (κ3) is 4.90. The second kappa shape index (κ2) is 6.81. The van der Waals surface area contributed by atoms with Gasteiger partial charge in [0.25, 0.3) is 0 Å². The lowest BCUT2D eigenvalue weighted by Gasteiger charge is -2.13. The van der Waals surface area contributed by atoms with E-state index in [4.69, 9.17) is 5.73 Å².